The Hall–Kier alpha value is -3.70. The maximum Gasteiger partial charge on any atom is 0.341 e. The Morgan fingerprint density at radius 1 is 1.05 bits per heavy atom. The van der Waals surface area contributed by atoms with E-state index in [9.17, 15) is 14.4 Å². The quantitative estimate of drug-likeness (QED) is 0.174. The third kappa shape index (κ3) is 5.75. The van der Waals surface area contributed by atoms with Crippen molar-refractivity contribution in [2.24, 2.45) is 5.73 Å². The van der Waals surface area contributed by atoms with E-state index in [2.05, 4.69) is 10.6 Å². The summed E-state index contributed by atoms with van der Waals surface area (Å²) in [5, 5.41) is 6.18. The van der Waals surface area contributed by atoms with Crippen LogP contribution in [0.1, 0.15) is 38.6 Å². The molecule has 1 heterocycles. The molecule has 0 spiro atoms. The van der Waals surface area contributed by atoms with Gasteiger partial charge in [0.2, 0.25) is 5.91 Å². The number of halogens is 3. The molecule has 12 heteroatoms. The zero-order valence-electron chi connectivity index (χ0n) is 21.5. The fraction of sp³-hybridized carbons (Fsp3) is 0.250. The summed E-state index contributed by atoms with van der Waals surface area (Å²) in [4.78, 5) is 38.9. The molecule has 9 nitrogen and oxygen atoms in total. The molecular weight excluding hydrogens is 562 g/mol. The second-order valence-corrected chi connectivity index (χ2v) is 10.1. The number of ketones is 1. The number of hydrogen-bond donors (Lipinski definition) is 4. The van der Waals surface area contributed by atoms with Gasteiger partial charge < -0.3 is 31.6 Å². The first kappa shape index (κ1) is 29.3. The van der Waals surface area contributed by atoms with Crippen LogP contribution in [-0.4, -0.2) is 50.0 Å². The van der Waals surface area contributed by atoms with Crippen molar-refractivity contribution in [2.75, 3.05) is 25.3 Å². The molecule has 1 amide bonds. The summed E-state index contributed by atoms with van der Waals surface area (Å²) in [6.45, 7) is 0. The lowest BCUT2D eigenvalue weighted by Gasteiger charge is -2.23. The number of carbonyl (C=O) groups excluding carboxylic acids is 3. The van der Waals surface area contributed by atoms with E-state index in [1.165, 1.54) is 38.5 Å². The number of amides is 1. The SMILES string of the molecule is COC(=O)c1ccc(C(=O)C[C@@H]2N[C@@H](C(=O)Nc3cccc(Cl)c3)[C@@H](c3cccc(Cl)c3F)[C@@H]2N)c(N)c1OC. The molecule has 0 bridgehead atoms. The second-order valence-electron chi connectivity index (χ2n) is 9.22. The normalized spacial score (nSPS) is 20.1. The summed E-state index contributed by atoms with van der Waals surface area (Å²) in [5.41, 5.74) is 13.4. The molecule has 1 aliphatic rings. The van der Waals surface area contributed by atoms with Gasteiger partial charge in [0.25, 0.3) is 0 Å². The Balaban J connectivity index is 1.65. The highest BCUT2D eigenvalue weighted by molar-refractivity contribution is 6.31. The molecule has 3 aromatic rings. The molecule has 1 aliphatic heterocycles. The van der Waals surface area contributed by atoms with E-state index in [1.807, 2.05) is 0 Å². The van der Waals surface area contributed by atoms with Crippen LogP contribution in [0.4, 0.5) is 15.8 Å². The van der Waals surface area contributed by atoms with Crippen molar-refractivity contribution in [3.05, 3.63) is 87.2 Å². The number of ether oxygens (including phenoxy) is 2. The molecule has 0 radical (unpaired) electrons. The molecule has 40 heavy (non-hydrogen) atoms. The molecule has 0 aliphatic carbocycles. The standard InChI is InChI=1S/C28H27Cl2FN4O5/c1-39-26-17(28(38)40-2)10-9-15(23(26)32)20(36)12-19-24(33)21(16-7-4-8-18(30)22(16)31)25(35-19)27(37)34-14-6-3-5-13(29)11-14/h3-11,19,21,24-25,35H,12,32-33H2,1-2H3,(H,34,37)/t19-,21-,24+,25+/m0/s1. The minimum atomic E-state index is -1.02. The molecule has 210 valence electrons. The largest absolute Gasteiger partial charge is 0.494 e. The molecule has 1 saturated heterocycles. The lowest BCUT2D eigenvalue weighted by molar-refractivity contribution is -0.118. The van der Waals surface area contributed by atoms with Gasteiger partial charge >= 0.3 is 5.97 Å². The molecule has 0 aromatic heterocycles. The minimum absolute atomic E-state index is 0.000897. The van der Waals surface area contributed by atoms with Crippen molar-refractivity contribution in [1.29, 1.82) is 0 Å². The maximum absolute atomic E-state index is 15.2. The van der Waals surface area contributed by atoms with Crippen molar-refractivity contribution < 1.29 is 28.2 Å². The number of nitrogens with one attached hydrogen (secondary N) is 2. The lowest BCUT2D eigenvalue weighted by atomic mass is 9.85. The van der Waals surface area contributed by atoms with E-state index in [0.717, 1.165) is 0 Å². The molecule has 4 atom stereocenters. The van der Waals surface area contributed by atoms with Crippen molar-refractivity contribution in [3.63, 3.8) is 0 Å². The Labute approximate surface area is 239 Å². The van der Waals surface area contributed by atoms with Crippen LogP contribution < -0.4 is 26.8 Å². The third-order valence-electron chi connectivity index (χ3n) is 6.86. The molecule has 6 N–H and O–H groups in total. The summed E-state index contributed by atoms with van der Waals surface area (Å²) in [5.74, 6) is -3.18. The smallest absolute Gasteiger partial charge is 0.341 e. The van der Waals surface area contributed by atoms with Crippen LogP contribution in [0, 0.1) is 5.82 Å². The summed E-state index contributed by atoms with van der Waals surface area (Å²) in [6.07, 6.45) is -0.189. The zero-order valence-corrected chi connectivity index (χ0v) is 23.1. The fourth-order valence-corrected chi connectivity index (χ4v) is 5.32. The average molecular weight is 589 g/mol. The van der Waals surface area contributed by atoms with Gasteiger partial charge in [-0.2, -0.15) is 0 Å². The first-order valence-electron chi connectivity index (χ1n) is 12.2. The number of nitrogen functional groups attached to an aromatic ring is 1. The molecular formula is C28H27Cl2FN4O5. The fourth-order valence-electron chi connectivity index (χ4n) is 4.95. The minimum Gasteiger partial charge on any atom is -0.494 e. The van der Waals surface area contributed by atoms with E-state index < -0.39 is 47.5 Å². The zero-order chi connectivity index (χ0) is 29.1. The van der Waals surface area contributed by atoms with Crippen molar-refractivity contribution in [3.8, 4) is 5.75 Å². The number of hydrogen-bond acceptors (Lipinski definition) is 8. The maximum atomic E-state index is 15.2. The van der Waals surface area contributed by atoms with Crippen LogP contribution in [0.5, 0.6) is 5.75 Å². The van der Waals surface area contributed by atoms with Crippen LogP contribution in [0.3, 0.4) is 0 Å². The third-order valence-corrected chi connectivity index (χ3v) is 7.39. The molecule has 0 saturated carbocycles. The van der Waals surface area contributed by atoms with E-state index >= 15 is 4.39 Å². The molecule has 1 fully saturated rings. The van der Waals surface area contributed by atoms with Crippen LogP contribution in [0.25, 0.3) is 0 Å². The summed E-state index contributed by atoms with van der Waals surface area (Å²) >= 11 is 12.1. The number of carbonyl (C=O) groups is 3. The lowest BCUT2D eigenvalue weighted by Crippen LogP contribution is -2.42. The number of rotatable bonds is 8. The highest BCUT2D eigenvalue weighted by atomic mass is 35.5. The summed E-state index contributed by atoms with van der Waals surface area (Å²) in [7, 11) is 2.52. The van der Waals surface area contributed by atoms with E-state index in [-0.39, 0.29) is 39.6 Å². The predicted molar refractivity (Wildman–Crippen MR) is 151 cm³/mol. The van der Waals surface area contributed by atoms with Crippen LogP contribution in [0.15, 0.2) is 54.6 Å². The molecule has 3 aromatic carbocycles. The van der Waals surface area contributed by atoms with Crippen LogP contribution in [-0.2, 0) is 9.53 Å². The monoisotopic (exact) mass is 588 g/mol. The van der Waals surface area contributed by atoms with Crippen molar-refractivity contribution in [2.45, 2.75) is 30.5 Å². The summed E-state index contributed by atoms with van der Waals surface area (Å²) < 4.78 is 25.2. The van der Waals surface area contributed by atoms with Crippen LogP contribution in [0.2, 0.25) is 10.0 Å². The van der Waals surface area contributed by atoms with Gasteiger partial charge in [-0.05, 0) is 42.0 Å². The topological polar surface area (TPSA) is 146 Å². The van der Waals surface area contributed by atoms with Crippen molar-refractivity contribution in [1.82, 2.24) is 5.32 Å². The van der Waals surface area contributed by atoms with Gasteiger partial charge in [-0.1, -0.05) is 41.4 Å². The first-order valence-corrected chi connectivity index (χ1v) is 12.9. The Bertz CT molecular complexity index is 1470. The number of methoxy groups -OCH3 is 2. The van der Waals surface area contributed by atoms with E-state index in [0.29, 0.717) is 10.7 Å². The van der Waals surface area contributed by atoms with Gasteiger partial charge in [-0.25, -0.2) is 9.18 Å². The Morgan fingerprint density at radius 3 is 2.42 bits per heavy atom. The predicted octanol–water partition coefficient (Wildman–Crippen LogP) is 4.17. The molecule has 4 rings (SSSR count). The van der Waals surface area contributed by atoms with Gasteiger partial charge in [0.1, 0.15) is 11.4 Å². The average Bonchev–Trinajstić information content (AvgIpc) is 3.24. The van der Waals surface area contributed by atoms with E-state index in [4.69, 9.17) is 44.1 Å². The molecule has 0 unspecified atom stereocenters. The highest BCUT2D eigenvalue weighted by Gasteiger charge is 2.47. The summed E-state index contributed by atoms with van der Waals surface area (Å²) in [6, 6.07) is 11.1. The number of anilines is 2. The Kier molecular flexibility index (Phi) is 8.95. The number of benzene rings is 3. The first-order chi connectivity index (χ1) is 19.1. The van der Waals surface area contributed by atoms with Crippen LogP contribution >= 0.6 is 23.2 Å². The van der Waals surface area contributed by atoms with Crippen molar-refractivity contribution >= 4 is 52.2 Å². The van der Waals surface area contributed by atoms with Gasteiger partial charge in [-0.3, -0.25) is 9.59 Å². The van der Waals surface area contributed by atoms with Gasteiger partial charge in [0, 0.05) is 40.7 Å². The number of Topliss-reactive ketones (excluding diaryl/α,β-unsaturated/α-hetero) is 1. The van der Waals surface area contributed by atoms with Gasteiger partial charge in [0.05, 0.1) is 31.0 Å². The van der Waals surface area contributed by atoms with E-state index in [1.54, 1.807) is 30.3 Å². The van der Waals surface area contributed by atoms with Gasteiger partial charge in [0.15, 0.2) is 11.5 Å². The second kappa shape index (κ2) is 12.2. The van der Waals surface area contributed by atoms with Gasteiger partial charge in [-0.15, -0.1) is 0 Å². The highest BCUT2D eigenvalue weighted by Crippen LogP contribution is 2.37. The number of nitrogens with two attached hydrogens (primary N) is 2. The number of esters is 1. The Morgan fingerprint density at radius 2 is 1.75 bits per heavy atom.